The van der Waals surface area contributed by atoms with Gasteiger partial charge in [0.2, 0.25) is 5.91 Å². The highest BCUT2D eigenvalue weighted by Crippen LogP contribution is 2.35. The van der Waals surface area contributed by atoms with Crippen molar-refractivity contribution in [3.63, 3.8) is 0 Å². The highest BCUT2D eigenvalue weighted by atomic mass is 19.1. The first-order chi connectivity index (χ1) is 9.49. The lowest BCUT2D eigenvalue weighted by atomic mass is 9.93. The minimum Gasteiger partial charge on any atom is -0.368 e. The van der Waals surface area contributed by atoms with Gasteiger partial charge in [0.1, 0.15) is 11.4 Å². The van der Waals surface area contributed by atoms with E-state index in [-0.39, 0.29) is 11.7 Å². The molecule has 1 amide bonds. The van der Waals surface area contributed by atoms with Crippen LogP contribution in [0.4, 0.5) is 4.39 Å². The first-order valence-corrected chi connectivity index (χ1v) is 6.69. The number of nitrogens with two attached hydrogens (primary N) is 1. The van der Waals surface area contributed by atoms with Crippen molar-refractivity contribution in [1.29, 1.82) is 5.26 Å². The third-order valence-corrected chi connectivity index (χ3v) is 4.22. The van der Waals surface area contributed by atoms with Crippen molar-refractivity contribution in [1.82, 2.24) is 4.90 Å². The number of carbonyl (C=O) groups excluding carboxylic acids is 1. The lowest BCUT2D eigenvalue weighted by molar-refractivity contribution is -0.129. The van der Waals surface area contributed by atoms with Crippen molar-refractivity contribution in [2.75, 3.05) is 7.05 Å². The predicted octanol–water partition coefficient (Wildman–Crippen LogP) is 1.93. The molecule has 0 aliphatic heterocycles. The van der Waals surface area contributed by atoms with Crippen LogP contribution in [0.5, 0.6) is 0 Å². The van der Waals surface area contributed by atoms with Crippen LogP contribution in [0.15, 0.2) is 18.2 Å². The van der Waals surface area contributed by atoms with Crippen LogP contribution >= 0.6 is 0 Å². The van der Waals surface area contributed by atoms with Gasteiger partial charge in [0.15, 0.2) is 0 Å². The quantitative estimate of drug-likeness (QED) is 0.912. The number of halogens is 1. The Morgan fingerprint density at radius 3 is 2.70 bits per heavy atom. The summed E-state index contributed by atoms with van der Waals surface area (Å²) in [5.41, 5.74) is 5.91. The number of carbonyl (C=O) groups is 1. The van der Waals surface area contributed by atoms with Crippen molar-refractivity contribution >= 4 is 5.91 Å². The second kappa shape index (κ2) is 5.59. The molecule has 0 bridgehead atoms. The molecule has 0 atom stereocenters. The van der Waals surface area contributed by atoms with Crippen LogP contribution in [-0.4, -0.2) is 23.4 Å². The lowest BCUT2D eigenvalue weighted by Crippen LogP contribution is -2.53. The van der Waals surface area contributed by atoms with E-state index in [4.69, 9.17) is 11.0 Å². The molecule has 0 spiro atoms. The second-order valence-electron chi connectivity index (χ2n) is 5.37. The van der Waals surface area contributed by atoms with E-state index in [1.807, 2.05) is 11.9 Å². The van der Waals surface area contributed by atoms with Gasteiger partial charge in [0, 0.05) is 6.54 Å². The predicted molar refractivity (Wildman–Crippen MR) is 73.0 cm³/mol. The van der Waals surface area contributed by atoms with Crippen LogP contribution in [0, 0.1) is 17.1 Å². The van der Waals surface area contributed by atoms with Crippen LogP contribution in [0.25, 0.3) is 0 Å². The van der Waals surface area contributed by atoms with Gasteiger partial charge in [0.05, 0.1) is 11.6 Å². The molecule has 0 radical (unpaired) electrons. The van der Waals surface area contributed by atoms with Gasteiger partial charge in [0.25, 0.3) is 0 Å². The first-order valence-electron chi connectivity index (χ1n) is 6.69. The molecule has 1 aliphatic rings. The van der Waals surface area contributed by atoms with E-state index in [1.54, 1.807) is 0 Å². The Kier molecular flexibility index (Phi) is 4.05. The summed E-state index contributed by atoms with van der Waals surface area (Å²) < 4.78 is 13.3. The third-order valence-electron chi connectivity index (χ3n) is 4.22. The minimum absolute atomic E-state index is 0.337. The fourth-order valence-corrected chi connectivity index (χ4v) is 2.99. The lowest BCUT2D eigenvalue weighted by Gasteiger charge is -2.36. The molecule has 1 saturated carbocycles. The maximum Gasteiger partial charge on any atom is 0.237 e. The van der Waals surface area contributed by atoms with Crippen molar-refractivity contribution in [3.8, 4) is 6.07 Å². The van der Waals surface area contributed by atoms with Gasteiger partial charge in [-0.3, -0.25) is 9.69 Å². The molecule has 0 saturated heterocycles. The van der Waals surface area contributed by atoms with E-state index in [0.29, 0.717) is 17.7 Å². The summed E-state index contributed by atoms with van der Waals surface area (Å²) >= 11 is 0. The molecule has 1 fully saturated rings. The number of hydrogen-bond donors (Lipinski definition) is 1. The standard InChI is InChI=1S/C15H18FN3O/c1-19(15(14(18)20)6-2-3-7-15)10-12-8-13(16)5-4-11(12)9-17/h4-5,8H,2-3,6-7,10H2,1H3,(H2,18,20). The Labute approximate surface area is 118 Å². The molecule has 4 nitrogen and oxygen atoms in total. The molecule has 106 valence electrons. The number of amides is 1. The number of likely N-dealkylation sites (N-methyl/N-ethyl adjacent to an activating group) is 1. The number of rotatable bonds is 4. The van der Waals surface area contributed by atoms with Gasteiger partial charge in [-0.05, 0) is 43.7 Å². The summed E-state index contributed by atoms with van der Waals surface area (Å²) in [4.78, 5) is 13.7. The van der Waals surface area contributed by atoms with Gasteiger partial charge < -0.3 is 5.73 Å². The first kappa shape index (κ1) is 14.5. The molecular weight excluding hydrogens is 257 g/mol. The van der Waals surface area contributed by atoms with E-state index in [9.17, 15) is 9.18 Å². The van der Waals surface area contributed by atoms with Crippen LogP contribution in [0.3, 0.4) is 0 Å². The van der Waals surface area contributed by atoms with E-state index in [2.05, 4.69) is 6.07 Å². The number of benzene rings is 1. The molecule has 1 aromatic carbocycles. The zero-order chi connectivity index (χ0) is 14.8. The largest absolute Gasteiger partial charge is 0.368 e. The molecule has 5 heteroatoms. The Morgan fingerprint density at radius 2 is 2.15 bits per heavy atom. The topological polar surface area (TPSA) is 70.1 Å². The molecular formula is C15H18FN3O. The molecule has 1 aliphatic carbocycles. The fourth-order valence-electron chi connectivity index (χ4n) is 2.99. The van der Waals surface area contributed by atoms with Crippen molar-refractivity contribution < 1.29 is 9.18 Å². The maximum atomic E-state index is 13.3. The Balaban J connectivity index is 2.27. The van der Waals surface area contributed by atoms with E-state index in [0.717, 1.165) is 25.7 Å². The Hall–Kier alpha value is -1.93. The average molecular weight is 275 g/mol. The van der Waals surface area contributed by atoms with E-state index in [1.165, 1.54) is 18.2 Å². The third kappa shape index (κ3) is 2.52. The zero-order valence-electron chi connectivity index (χ0n) is 11.5. The van der Waals surface area contributed by atoms with Gasteiger partial charge in [-0.15, -0.1) is 0 Å². The van der Waals surface area contributed by atoms with Gasteiger partial charge in [-0.25, -0.2) is 4.39 Å². The SMILES string of the molecule is CN(Cc1cc(F)ccc1C#N)C1(C(N)=O)CCCC1. The molecule has 20 heavy (non-hydrogen) atoms. The Bertz CT molecular complexity index is 559. The monoisotopic (exact) mass is 275 g/mol. The molecule has 0 aromatic heterocycles. The average Bonchev–Trinajstić information content (AvgIpc) is 2.89. The summed E-state index contributed by atoms with van der Waals surface area (Å²) in [5, 5.41) is 9.08. The highest BCUT2D eigenvalue weighted by molar-refractivity contribution is 5.85. The zero-order valence-corrected chi connectivity index (χ0v) is 11.5. The molecule has 2 N–H and O–H groups in total. The van der Waals surface area contributed by atoms with Gasteiger partial charge >= 0.3 is 0 Å². The summed E-state index contributed by atoms with van der Waals surface area (Å²) in [6, 6.07) is 6.12. The highest BCUT2D eigenvalue weighted by Gasteiger charge is 2.43. The molecule has 0 heterocycles. The van der Waals surface area contributed by atoms with Crippen molar-refractivity contribution in [2.24, 2.45) is 5.73 Å². The molecule has 1 aromatic rings. The van der Waals surface area contributed by atoms with Gasteiger partial charge in [-0.2, -0.15) is 5.26 Å². The smallest absolute Gasteiger partial charge is 0.237 e. The van der Waals surface area contributed by atoms with Crippen molar-refractivity contribution in [3.05, 3.63) is 35.1 Å². The Morgan fingerprint density at radius 1 is 1.50 bits per heavy atom. The number of nitrogens with zero attached hydrogens (tertiary/aromatic N) is 2. The summed E-state index contributed by atoms with van der Waals surface area (Å²) in [6.45, 7) is 0.337. The van der Waals surface area contributed by atoms with E-state index < -0.39 is 5.54 Å². The second-order valence-corrected chi connectivity index (χ2v) is 5.37. The molecule has 2 rings (SSSR count). The summed E-state index contributed by atoms with van der Waals surface area (Å²) in [7, 11) is 1.81. The number of primary amides is 1. The fraction of sp³-hybridized carbons (Fsp3) is 0.467. The van der Waals surface area contributed by atoms with Crippen LogP contribution in [0.1, 0.15) is 36.8 Å². The van der Waals surface area contributed by atoms with Crippen LogP contribution < -0.4 is 5.73 Å². The normalized spacial score (nSPS) is 17.1. The van der Waals surface area contributed by atoms with Crippen LogP contribution in [-0.2, 0) is 11.3 Å². The minimum atomic E-state index is -0.668. The maximum absolute atomic E-state index is 13.3. The number of nitriles is 1. The number of hydrogen-bond acceptors (Lipinski definition) is 3. The van der Waals surface area contributed by atoms with Crippen molar-refractivity contribution in [2.45, 2.75) is 37.8 Å². The van der Waals surface area contributed by atoms with Crippen LogP contribution in [0.2, 0.25) is 0 Å². The summed E-state index contributed by atoms with van der Waals surface area (Å²) in [6.07, 6.45) is 3.36. The summed E-state index contributed by atoms with van der Waals surface area (Å²) in [5.74, 6) is -0.723. The molecule has 0 unspecified atom stereocenters. The van der Waals surface area contributed by atoms with E-state index >= 15 is 0 Å². The van der Waals surface area contributed by atoms with Gasteiger partial charge in [-0.1, -0.05) is 12.8 Å².